The summed E-state index contributed by atoms with van der Waals surface area (Å²) < 4.78 is 7.34. The zero-order valence-electron chi connectivity index (χ0n) is 12.4. The summed E-state index contributed by atoms with van der Waals surface area (Å²) in [6.07, 6.45) is 0.838. The van der Waals surface area contributed by atoms with E-state index in [9.17, 15) is 9.59 Å². The van der Waals surface area contributed by atoms with Crippen LogP contribution < -0.4 is 11.2 Å². The Balaban J connectivity index is 1.94. The Morgan fingerprint density at radius 1 is 0.913 bits per heavy atom. The average Bonchev–Trinajstić information content (AvgIpc) is 2.58. The highest BCUT2D eigenvalue weighted by atomic mass is 16.5. The Morgan fingerprint density at radius 2 is 1.57 bits per heavy atom. The molecule has 0 saturated carbocycles. The van der Waals surface area contributed by atoms with Crippen molar-refractivity contribution in [3.05, 3.63) is 105 Å². The third-order valence-electron chi connectivity index (χ3n) is 3.44. The molecule has 0 spiro atoms. The third kappa shape index (κ3) is 3.64. The molecule has 1 N–H and O–H groups in total. The summed E-state index contributed by atoms with van der Waals surface area (Å²) in [5.74, 6) is 0. The van der Waals surface area contributed by atoms with Gasteiger partial charge in [-0.25, -0.2) is 4.79 Å². The number of aromatic nitrogens is 2. The highest BCUT2D eigenvalue weighted by molar-refractivity contribution is 5.19. The van der Waals surface area contributed by atoms with Crippen molar-refractivity contribution in [2.24, 2.45) is 0 Å². The van der Waals surface area contributed by atoms with Crippen LogP contribution in [0.1, 0.15) is 17.4 Å². The van der Waals surface area contributed by atoms with Gasteiger partial charge < -0.3 is 4.74 Å². The fourth-order valence-electron chi connectivity index (χ4n) is 2.32. The van der Waals surface area contributed by atoms with Crippen molar-refractivity contribution in [1.82, 2.24) is 9.55 Å². The summed E-state index contributed by atoms with van der Waals surface area (Å²) >= 11 is 0. The maximum Gasteiger partial charge on any atom is 0.330 e. The molecule has 0 radical (unpaired) electrons. The number of benzene rings is 2. The SMILES string of the molecule is O=c1ccn(C(OCc2ccccc2)c2ccccc2)c(=O)[nH]1. The van der Waals surface area contributed by atoms with E-state index in [1.165, 1.54) is 16.8 Å². The van der Waals surface area contributed by atoms with Gasteiger partial charge in [-0.05, 0) is 5.56 Å². The van der Waals surface area contributed by atoms with Crippen LogP contribution in [-0.2, 0) is 11.3 Å². The monoisotopic (exact) mass is 308 g/mol. The smallest absolute Gasteiger partial charge is 0.330 e. The molecule has 1 heterocycles. The Hall–Kier alpha value is -2.92. The Labute approximate surface area is 132 Å². The molecule has 3 rings (SSSR count). The van der Waals surface area contributed by atoms with Crippen molar-refractivity contribution in [1.29, 1.82) is 0 Å². The van der Waals surface area contributed by atoms with E-state index in [0.29, 0.717) is 6.61 Å². The second-order valence-corrected chi connectivity index (χ2v) is 5.08. The number of rotatable bonds is 5. The first-order valence-electron chi connectivity index (χ1n) is 7.26. The Bertz CT molecular complexity index is 870. The summed E-state index contributed by atoms with van der Waals surface area (Å²) in [4.78, 5) is 25.6. The fraction of sp³-hybridized carbons (Fsp3) is 0.111. The maximum atomic E-state index is 12.1. The lowest BCUT2D eigenvalue weighted by Crippen LogP contribution is -2.33. The van der Waals surface area contributed by atoms with Crippen LogP contribution in [-0.4, -0.2) is 9.55 Å². The third-order valence-corrected chi connectivity index (χ3v) is 3.44. The lowest BCUT2D eigenvalue weighted by Gasteiger charge is -2.20. The minimum atomic E-state index is -0.610. The van der Waals surface area contributed by atoms with E-state index in [1.807, 2.05) is 60.7 Å². The normalized spacial score (nSPS) is 12.0. The minimum Gasteiger partial charge on any atom is -0.349 e. The molecule has 0 fully saturated rings. The zero-order chi connectivity index (χ0) is 16.1. The van der Waals surface area contributed by atoms with E-state index in [-0.39, 0.29) is 0 Å². The largest absolute Gasteiger partial charge is 0.349 e. The molecular formula is C18H16N2O3. The molecule has 1 unspecified atom stereocenters. The first-order valence-corrected chi connectivity index (χ1v) is 7.26. The van der Waals surface area contributed by atoms with Gasteiger partial charge in [0.1, 0.15) is 0 Å². The van der Waals surface area contributed by atoms with Crippen molar-refractivity contribution < 1.29 is 4.74 Å². The second kappa shape index (κ2) is 6.89. The molecule has 1 atom stereocenters. The first-order chi connectivity index (χ1) is 11.2. The summed E-state index contributed by atoms with van der Waals surface area (Å²) in [5.41, 5.74) is 0.907. The van der Waals surface area contributed by atoms with Crippen LogP contribution in [0.5, 0.6) is 0 Å². The van der Waals surface area contributed by atoms with E-state index in [1.54, 1.807) is 0 Å². The average molecular weight is 308 g/mol. The molecule has 2 aromatic carbocycles. The van der Waals surface area contributed by atoms with E-state index < -0.39 is 17.5 Å². The molecule has 0 aliphatic carbocycles. The molecule has 5 heteroatoms. The van der Waals surface area contributed by atoms with Gasteiger partial charge in [-0.3, -0.25) is 14.3 Å². The molecule has 3 aromatic rings. The van der Waals surface area contributed by atoms with Gasteiger partial charge in [-0.1, -0.05) is 60.7 Å². The molecule has 116 valence electrons. The number of hydrogen-bond donors (Lipinski definition) is 1. The van der Waals surface area contributed by atoms with Gasteiger partial charge >= 0.3 is 5.69 Å². The lowest BCUT2D eigenvalue weighted by atomic mass is 10.2. The van der Waals surface area contributed by atoms with E-state index in [4.69, 9.17) is 4.74 Å². The molecule has 23 heavy (non-hydrogen) atoms. The van der Waals surface area contributed by atoms with Gasteiger partial charge in [0.05, 0.1) is 6.61 Å². The summed E-state index contributed by atoms with van der Waals surface area (Å²) in [6, 6.07) is 20.4. The van der Waals surface area contributed by atoms with Crippen molar-refractivity contribution in [2.75, 3.05) is 0 Å². The number of hydrogen-bond acceptors (Lipinski definition) is 3. The number of ether oxygens (including phenoxy) is 1. The van der Waals surface area contributed by atoms with E-state index in [0.717, 1.165) is 11.1 Å². The van der Waals surface area contributed by atoms with Gasteiger partial charge in [0.2, 0.25) is 0 Å². The number of nitrogens with one attached hydrogen (secondary N) is 1. The second-order valence-electron chi connectivity index (χ2n) is 5.08. The highest BCUT2D eigenvalue weighted by Crippen LogP contribution is 2.19. The summed E-state index contributed by atoms with van der Waals surface area (Å²) in [7, 11) is 0. The molecule has 0 amide bonds. The minimum absolute atomic E-state index is 0.353. The highest BCUT2D eigenvalue weighted by Gasteiger charge is 2.15. The van der Waals surface area contributed by atoms with Crippen LogP contribution in [0.15, 0.2) is 82.5 Å². The van der Waals surface area contributed by atoms with Gasteiger partial charge in [-0.2, -0.15) is 0 Å². The van der Waals surface area contributed by atoms with Crippen LogP contribution in [0.4, 0.5) is 0 Å². The van der Waals surface area contributed by atoms with Crippen LogP contribution in [0.2, 0.25) is 0 Å². The van der Waals surface area contributed by atoms with Crippen molar-refractivity contribution >= 4 is 0 Å². The van der Waals surface area contributed by atoms with Crippen molar-refractivity contribution in [2.45, 2.75) is 12.8 Å². The summed E-state index contributed by atoms with van der Waals surface area (Å²) in [6.45, 7) is 0.353. The molecule has 0 aliphatic rings. The molecule has 0 saturated heterocycles. The Kier molecular flexibility index (Phi) is 4.49. The van der Waals surface area contributed by atoms with Crippen molar-refractivity contribution in [3.8, 4) is 0 Å². The van der Waals surface area contributed by atoms with Crippen LogP contribution >= 0.6 is 0 Å². The van der Waals surface area contributed by atoms with Gasteiger partial charge in [-0.15, -0.1) is 0 Å². The molecule has 0 bridgehead atoms. The topological polar surface area (TPSA) is 64.1 Å². The standard InChI is InChI=1S/C18H16N2O3/c21-16-11-12-20(18(22)19-16)17(15-9-5-2-6-10-15)23-13-14-7-3-1-4-8-14/h1-12,17H,13H2,(H,19,21,22). The van der Waals surface area contributed by atoms with Crippen molar-refractivity contribution in [3.63, 3.8) is 0 Å². The Morgan fingerprint density at radius 3 is 2.22 bits per heavy atom. The van der Waals surface area contributed by atoms with Gasteiger partial charge in [0, 0.05) is 17.8 Å². The first kappa shape index (κ1) is 15.0. The number of aromatic amines is 1. The number of H-pyrrole nitrogens is 1. The quantitative estimate of drug-likeness (QED) is 0.786. The lowest BCUT2D eigenvalue weighted by molar-refractivity contribution is 0.0163. The van der Waals surface area contributed by atoms with Gasteiger partial charge in [0.25, 0.3) is 5.56 Å². The molecular weight excluding hydrogens is 292 g/mol. The maximum absolute atomic E-state index is 12.1. The van der Waals surface area contributed by atoms with Crippen LogP contribution in [0.3, 0.4) is 0 Å². The van der Waals surface area contributed by atoms with E-state index in [2.05, 4.69) is 4.98 Å². The number of nitrogens with zero attached hydrogens (tertiary/aromatic N) is 1. The van der Waals surface area contributed by atoms with E-state index >= 15 is 0 Å². The predicted molar refractivity (Wildman–Crippen MR) is 87.1 cm³/mol. The van der Waals surface area contributed by atoms with Crippen LogP contribution in [0, 0.1) is 0 Å². The van der Waals surface area contributed by atoms with Crippen LogP contribution in [0.25, 0.3) is 0 Å². The molecule has 1 aromatic heterocycles. The van der Waals surface area contributed by atoms with Gasteiger partial charge in [0.15, 0.2) is 6.23 Å². The summed E-state index contributed by atoms with van der Waals surface area (Å²) in [5, 5.41) is 0. The fourth-order valence-corrected chi connectivity index (χ4v) is 2.32. The zero-order valence-corrected chi connectivity index (χ0v) is 12.4. The molecule has 5 nitrogen and oxygen atoms in total. The molecule has 0 aliphatic heterocycles. The predicted octanol–water partition coefficient (Wildman–Crippen LogP) is 2.30.